The lowest BCUT2D eigenvalue weighted by Gasteiger charge is -2.33. The number of carbonyl (C=O) groups is 1. The lowest BCUT2D eigenvalue weighted by atomic mass is 10.0. The second kappa shape index (κ2) is 8.01. The molecule has 7 nitrogen and oxygen atoms in total. The molecular weight excluding hydrogens is 412 g/mol. The summed E-state index contributed by atoms with van der Waals surface area (Å²) in [6.07, 6.45) is 2.11. The number of hydrogen-bond donors (Lipinski definition) is 3. The highest BCUT2D eigenvalue weighted by molar-refractivity contribution is 7.21. The molecule has 2 aliphatic rings. The first-order valence-corrected chi connectivity index (χ1v) is 11.4. The summed E-state index contributed by atoms with van der Waals surface area (Å²) < 4.78 is 6.00. The van der Waals surface area contributed by atoms with Gasteiger partial charge < -0.3 is 25.8 Å². The van der Waals surface area contributed by atoms with Crippen molar-refractivity contribution in [3.8, 4) is 5.75 Å². The van der Waals surface area contributed by atoms with Gasteiger partial charge in [0, 0.05) is 35.9 Å². The number of piperidine rings is 1. The van der Waals surface area contributed by atoms with E-state index in [1.165, 1.54) is 11.3 Å². The molecule has 1 aromatic carbocycles. The smallest absolute Gasteiger partial charge is 0.263 e. The largest absolute Gasteiger partial charge is 0.491 e. The number of nitrogens with two attached hydrogens (primary N) is 1. The molecular formula is C23H26N4O3S. The van der Waals surface area contributed by atoms with Crippen molar-refractivity contribution in [2.45, 2.75) is 38.3 Å². The van der Waals surface area contributed by atoms with Crippen molar-refractivity contribution in [2.24, 2.45) is 0 Å². The highest BCUT2D eigenvalue weighted by Gasteiger charge is 2.26. The molecule has 1 atom stereocenters. The van der Waals surface area contributed by atoms with E-state index in [1.54, 1.807) is 0 Å². The Labute approximate surface area is 184 Å². The lowest BCUT2D eigenvalue weighted by Crippen LogP contribution is -2.42. The van der Waals surface area contributed by atoms with Crippen LogP contribution in [-0.4, -0.2) is 47.8 Å². The zero-order valence-electron chi connectivity index (χ0n) is 17.4. The van der Waals surface area contributed by atoms with Crippen molar-refractivity contribution in [2.75, 3.05) is 30.3 Å². The van der Waals surface area contributed by atoms with Gasteiger partial charge in [-0.3, -0.25) is 4.79 Å². The minimum absolute atomic E-state index is 0.115. The van der Waals surface area contributed by atoms with Crippen LogP contribution in [0.3, 0.4) is 0 Å². The molecule has 0 bridgehead atoms. The minimum Gasteiger partial charge on any atom is -0.491 e. The van der Waals surface area contributed by atoms with E-state index in [1.807, 2.05) is 19.1 Å². The maximum absolute atomic E-state index is 12.9. The Balaban J connectivity index is 1.28. The van der Waals surface area contributed by atoms with Gasteiger partial charge in [0.2, 0.25) is 0 Å². The zero-order chi connectivity index (χ0) is 21.5. The van der Waals surface area contributed by atoms with E-state index in [0.29, 0.717) is 23.6 Å². The van der Waals surface area contributed by atoms with Crippen LogP contribution >= 0.6 is 11.3 Å². The van der Waals surface area contributed by atoms with Crippen LogP contribution in [-0.2, 0) is 6.42 Å². The molecule has 1 saturated heterocycles. The maximum atomic E-state index is 12.9. The molecule has 4 N–H and O–H groups in total. The van der Waals surface area contributed by atoms with E-state index in [2.05, 4.69) is 33.4 Å². The molecule has 4 heterocycles. The van der Waals surface area contributed by atoms with Gasteiger partial charge in [-0.25, -0.2) is 4.98 Å². The fourth-order valence-electron chi connectivity index (χ4n) is 4.28. The van der Waals surface area contributed by atoms with Gasteiger partial charge >= 0.3 is 0 Å². The average molecular weight is 439 g/mol. The van der Waals surface area contributed by atoms with Crippen LogP contribution in [0.5, 0.6) is 5.75 Å². The lowest BCUT2D eigenvalue weighted by molar-refractivity contribution is 0.0920. The Morgan fingerprint density at radius 1 is 1.29 bits per heavy atom. The summed E-state index contributed by atoms with van der Waals surface area (Å²) in [5.41, 5.74) is 9.81. The summed E-state index contributed by atoms with van der Waals surface area (Å²) in [5.74, 6) is 0.689. The van der Waals surface area contributed by atoms with Gasteiger partial charge in [-0.1, -0.05) is 6.07 Å². The number of nitrogens with zero attached hydrogens (tertiary/aromatic N) is 2. The second-order valence-electron chi connectivity index (χ2n) is 8.35. The van der Waals surface area contributed by atoms with Gasteiger partial charge in [0.25, 0.3) is 5.91 Å². The van der Waals surface area contributed by atoms with Gasteiger partial charge in [-0.2, -0.15) is 0 Å². The number of benzene rings is 1. The number of amides is 1. The number of carbonyl (C=O) groups excluding carboxylic acids is 1. The predicted molar refractivity (Wildman–Crippen MR) is 123 cm³/mol. The minimum atomic E-state index is -0.190. The third kappa shape index (κ3) is 3.93. The first kappa shape index (κ1) is 20.1. The number of nitrogen functional groups attached to an aromatic ring is 1. The van der Waals surface area contributed by atoms with E-state index < -0.39 is 0 Å². The van der Waals surface area contributed by atoms with Crippen LogP contribution in [0.25, 0.3) is 10.2 Å². The highest BCUT2D eigenvalue weighted by atomic mass is 32.1. The van der Waals surface area contributed by atoms with Gasteiger partial charge in [-0.15, -0.1) is 11.3 Å². The molecule has 31 heavy (non-hydrogen) atoms. The number of fused-ring (bicyclic) bond motifs is 2. The number of aromatic nitrogens is 1. The molecule has 0 spiro atoms. The van der Waals surface area contributed by atoms with Crippen molar-refractivity contribution in [3.05, 3.63) is 46.5 Å². The third-order valence-electron chi connectivity index (χ3n) is 6.06. The predicted octanol–water partition coefficient (Wildman–Crippen LogP) is 2.88. The second-order valence-corrected chi connectivity index (χ2v) is 9.35. The van der Waals surface area contributed by atoms with Crippen LogP contribution in [0.15, 0.2) is 30.3 Å². The molecule has 2 aromatic heterocycles. The fraction of sp³-hybridized carbons (Fsp3) is 0.391. The normalized spacial score (nSPS) is 19.2. The van der Waals surface area contributed by atoms with Crippen molar-refractivity contribution >= 4 is 38.8 Å². The molecule has 3 aromatic rings. The number of nitrogens with one attached hydrogen (secondary N) is 1. The number of ether oxygens (including phenoxy) is 1. The van der Waals surface area contributed by atoms with Crippen molar-refractivity contribution in [3.63, 3.8) is 0 Å². The van der Waals surface area contributed by atoms with E-state index in [-0.39, 0.29) is 18.1 Å². The molecule has 162 valence electrons. The number of aryl methyl sites for hydroxylation is 1. The molecule has 1 fully saturated rings. The maximum Gasteiger partial charge on any atom is 0.263 e. The van der Waals surface area contributed by atoms with Crippen LogP contribution < -0.4 is 20.7 Å². The summed E-state index contributed by atoms with van der Waals surface area (Å²) in [6, 6.07) is 9.95. The Morgan fingerprint density at radius 3 is 2.90 bits per heavy atom. The van der Waals surface area contributed by atoms with Crippen LogP contribution in [0.2, 0.25) is 0 Å². The Kier molecular flexibility index (Phi) is 5.19. The fourth-order valence-corrected chi connectivity index (χ4v) is 5.33. The molecule has 1 unspecified atom stereocenters. The molecule has 0 radical (unpaired) electrons. The van der Waals surface area contributed by atoms with Crippen LogP contribution in [0, 0.1) is 6.92 Å². The third-order valence-corrected chi connectivity index (χ3v) is 7.18. The molecule has 8 heteroatoms. The van der Waals surface area contributed by atoms with E-state index in [4.69, 9.17) is 10.5 Å². The first-order chi connectivity index (χ1) is 15.0. The monoisotopic (exact) mass is 438 g/mol. The van der Waals surface area contributed by atoms with Crippen LogP contribution in [0.4, 0.5) is 11.4 Å². The molecule has 1 amide bonds. The number of rotatable bonds is 3. The number of anilines is 2. The molecule has 0 aliphatic carbocycles. The number of aliphatic hydroxyl groups excluding tert-OH is 1. The van der Waals surface area contributed by atoms with Crippen molar-refractivity contribution < 1.29 is 14.6 Å². The first-order valence-electron chi connectivity index (χ1n) is 10.6. The Hall–Kier alpha value is -2.84. The Bertz CT molecular complexity index is 1140. The van der Waals surface area contributed by atoms with Gasteiger partial charge in [0.05, 0.1) is 17.8 Å². The standard InChI is InChI=1S/C23H26N4O3S/c1-13-2-5-18-20(24)21(31-23(18)25-13)22(29)26-15-10-14-3-4-16(11-19(14)30-12-15)27-8-6-17(28)7-9-27/h2-5,11,15,17,28H,6-10,12,24H2,1H3,(H,26,29). The summed E-state index contributed by atoms with van der Waals surface area (Å²) in [7, 11) is 0. The summed E-state index contributed by atoms with van der Waals surface area (Å²) in [6.45, 7) is 4.04. The zero-order valence-corrected chi connectivity index (χ0v) is 18.2. The van der Waals surface area contributed by atoms with Gasteiger partial charge in [-0.05, 0) is 49.9 Å². The number of hydrogen-bond acceptors (Lipinski definition) is 7. The van der Waals surface area contributed by atoms with E-state index >= 15 is 0 Å². The van der Waals surface area contributed by atoms with Gasteiger partial charge in [0.1, 0.15) is 22.1 Å². The van der Waals surface area contributed by atoms with Crippen molar-refractivity contribution in [1.82, 2.24) is 10.3 Å². The summed E-state index contributed by atoms with van der Waals surface area (Å²) in [5, 5.41) is 13.6. The van der Waals surface area contributed by atoms with Gasteiger partial charge in [0.15, 0.2) is 0 Å². The quantitative estimate of drug-likeness (QED) is 0.581. The molecule has 2 aliphatic heterocycles. The summed E-state index contributed by atoms with van der Waals surface area (Å²) in [4.78, 5) is 20.9. The van der Waals surface area contributed by atoms with E-state index in [0.717, 1.165) is 58.8 Å². The van der Waals surface area contributed by atoms with Crippen molar-refractivity contribution in [1.29, 1.82) is 0 Å². The summed E-state index contributed by atoms with van der Waals surface area (Å²) >= 11 is 1.33. The molecule has 5 rings (SSSR count). The van der Waals surface area contributed by atoms with Crippen LogP contribution in [0.1, 0.15) is 33.8 Å². The van der Waals surface area contributed by atoms with E-state index in [9.17, 15) is 9.90 Å². The SMILES string of the molecule is Cc1ccc2c(N)c(C(=O)NC3COc4cc(N5CCC(O)CC5)ccc4C3)sc2n1. The molecule has 0 saturated carbocycles. The topological polar surface area (TPSA) is 101 Å². The highest BCUT2D eigenvalue weighted by Crippen LogP contribution is 2.34. The Morgan fingerprint density at radius 2 is 2.10 bits per heavy atom. The average Bonchev–Trinajstić information content (AvgIpc) is 3.09. The number of thiophene rings is 1. The number of pyridine rings is 1. The number of aliphatic hydroxyl groups is 1.